The summed E-state index contributed by atoms with van der Waals surface area (Å²) in [6.45, 7) is 7.84. The lowest BCUT2D eigenvalue weighted by molar-refractivity contribution is 0.0677. The van der Waals surface area contributed by atoms with E-state index in [9.17, 15) is 4.79 Å². The van der Waals surface area contributed by atoms with Crippen LogP contribution in [0.15, 0.2) is 6.07 Å². The number of carbonyl (C=O) groups excluding carboxylic acids is 1. The van der Waals surface area contributed by atoms with Crippen LogP contribution in [0.1, 0.15) is 41.6 Å². The van der Waals surface area contributed by atoms with Crippen molar-refractivity contribution in [3.8, 4) is 11.3 Å². The van der Waals surface area contributed by atoms with Gasteiger partial charge in [0.15, 0.2) is 0 Å². The number of nitrogens with one attached hydrogen (secondary N) is 1. The third-order valence-corrected chi connectivity index (χ3v) is 4.52. The van der Waals surface area contributed by atoms with Crippen LogP contribution in [0.5, 0.6) is 0 Å². The predicted octanol–water partition coefficient (Wildman–Crippen LogP) is 2.30. The normalized spacial score (nSPS) is 18.7. The Balaban J connectivity index is 1.86. The molecule has 6 nitrogen and oxygen atoms in total. The van der Waals surface area contributed by atoms with Gasteiger partial charge in [-0.25, -0.2) is 0 Å². The summed E-state index contributed by atoms with van der Waals surface area (Å²) in [6.07, 6.45) is 2.28. The summed E-state index contributed by atoms with van der Waals surface area (Å²) < 4.78 is 1.84. The van der Waals surface area contributed by atoms with E-state index in [0.717, 1.165) is 42.2 Å². The highest BCUT2D eigenvalue weighted by Gasteiger charge is 2.24. The minimum absolute atomic E-state index is 0.0458. The fourth-order valence-electron chi connectivity index (χ4n) is 3.25. The number of likely N-dealkylation sites (tertiary alicyclic amines) is 1. The minimum Gasteiger partial charge on any atom is -0.337 e. The van der Waals surface area contributed by atoms with Crippen LogP contribution in [-0.2, 0) is 7.05 Å². The quantitative estimate of drug-likeness (QED) is 0.925. The molecule has 3 heterocycles. The molecule has 6 heteroatoms. The number of hydrogen-bond donors (Lipinski definition) is 1. The Morgan fingerprint density at radius 3 is 2.82 bits per heavy atom. The second-order valence-electron chi connectivity index (χ2n) is 6.33. The van der Waals surface area contributed by atoms with Crippen molar-refractivity contribution in [1.29, 1.82) is 0 Å². The maximum Gasteiger partial charge on any atom is 0.271 e. The summed E-state index contributed by atoms with van der Waals surface area (Å²) in [6, 6.07) is 1.85. The largest absolute Gasteiger partial charge is 0.337 e. The van der Waals surface area contributed by atoms with Gasteiger partial charge in [0.25, 0.3) is 5.91 Å². The van der Waals surface area contributed by atoms with E-state index in [0.29, 0.717) is 11.6 Å². The van der Waals surface area contributed by atoms with Gasteiger partial charge in [0.1, 0.15) is 5.69 Å². The molecular formula is C16H23N5O. The number of piperidine rings is 1. The third-order valence-electron chi connectivity index (χ3n) is 4.52. The first-order chi connectivity index (χ1) is 10.5. The first kappa shape index (κ1) is 14.8. The van der Waals surface area contributed by atoms with E-state index in [1.54, 1.807) is 0 Å². The van der Waals surface area contributed by atoms with Crippen molar-refractivity contribution >= 4 is 5.91 Å². The molecule has 1 saturated heterocycles. The predicted molar refractivity (Wildman–Crippen MR) is 84.6 cm³/mol. The molecule has 1 unspecified atom stereocenters. The zero-order chi connectivity index (χ0) is 15.9. The number of nitrogens with zero attached hydrogens (tertiary/aromatic N) is 4. The van der Waals surface area contributed by atoms with Crippen molar-refractivity contribution in [3.63, 3.8) is 0 Å². The first-order valence-corrected chi connectivity index (χ1v) is 7.82. The van der Waals surface area contributed by atoms with Crippen molar-refractivity contribution in [2.75, 3.05) is 13.1 Å². The third kappa shape index (κ3) is 2.53. The topological polar surface area (TPSA) is 66.8 Å². The molecule has 0 aromatic carbocycles. The number of aryl methyl sites for hydroxylation is 2. The van der Waals surface area contributed by atoms with Gasteiger partial charge in [0.05, 0.1) is 11.4 Å². The SMILES string of the molecule is Cc1nn(C)c(C)c1-c1cc(C(=O)N2CCCC(C)C2)[nH]n1. The standard InChI is InChI=1S/C16H23N5O/c1-10-6-5-7-21(9-10)16(22)14-8-13(17-18-14)15-11(2)19-20(4)12(15)3/h8,10H,5-7,9H2,1-4H3,(H,17,18). The Labute approximate surface area is 130 Å². The summed E-state index contributed by atoms with van der Waals surface area (Å²) in [5, 5.41) is 11.6. The summed E-state index contributed by atoms with van der Waals surface area (Å²) in [5.41, 5.74) is 4.33. The maximum absolute atomic E-state index is 12.6. The van der Waals surface area contributed by atoms with Crippen LogP contribution in [0.3, 0.4) is 0 Å². The Kier molecular flexibility index (Phi) is 3.76. The molecule has 22 heavy (non-hydrogen) atoms. The smallest absolute Gasteiger partial charge is 0.271 e. The van der Waals surface area contributed by atoms with Gasteiger partial charge in [-0.1, -0.05) is 6.92 Å². The van der Waals surface area contributed by atoms with E-state index in [4.69, 9.17) is 0 Å². The van der Waals surface area contributed by atoms with Crippen LogP contribution in [0.4, 0.5) is 0 Å². The number of aromatic nitrogens is 4. The maximum atomic E-state index is 12.6. The van der Waals surface area contributed by atoms with E-state index >= 15 is 0 Å². The zero-order valence-corrected chi connectivity index (χ0v) is 13.7. The monoisotopic (exact) mass is 301 g/mol. The van der Waals surface area contributed by atoms with E-state index < -0.39 is 0 Å². The minimum atomic E-state index is 0.0458. The summed E-state index contributed by atoms with van der Waals surface area (Å²) in [7, 11) is 1.92. The first-order valence-electron chi connectivity index (χ1n) is 7.82. The number of aromatic amines is 1. The Bertz CT molecular complexity index is 699. The molecule has 1 atom stereocenters. The van der Waals surface area contributed by atoms with Crippen molar-refractivity contribution in [3.05, 3.63) is 23.1 Å². The molecule has 2 aromatic heterocycles. The van der Waals surface area contributed by atoms with Crippen molar-refractivity contribution < 1.29 is 4.79 Å². The molecular weight excluding hydrogens is 278 g/mol. The molecule has 1 aliphatic heterocycles. The molecule has 1 aliphatic rings. The lowest BCUT2D eigenvalue weighted by Crippen LogP contribution is -2.39. The summed E-state index contributed by atoms with van der Waals surface area (Å²) in [5.74, 6) is 0.618. The fourth-order valence-corrected chi connectivity index (χ4v) is 3.25. The lowest BCUT2D eigenvalue weighted by atomic mass is 10.00. The second kappa shape index (κ2) is 5.59. The summed E-state index contributed by atoms with van der Waals surface area (Å²) >= 11 is 0. The van der Waals surface area contributed by atoms with E-state index in [-0.39, 0.29) is 5.91 Å². The molecule has 1 fully saturated rings. The van der Waals surface area contributed by atoms with Gasteiger partial charge in [-0.3, -0.25) is 14.6 Å². The van der Waals surface area contributed by atoms with Crippen molar-refractivity contribution in [2.45, 2.75) is 33.6 Å². The van der Waals surface area contributed by atoms with E-state index in [2.05, 4.69) is 22.2 Å². The average Bonchev–Trinajstić information content (AvgIpc) is 3.04. The molecule has 2 aromatic rings. The van der Waals surface area contributed by atoms with E-state index in [1.165, 1.54) is 6.42 Å². The molecule has 1 amide bonds. The molecule has 118 valence electrons. The van der Waals surface area contributed by atoms with Gasteiger partial charge in [-0.05, 0) is 38.7 Å². The van der Waals surface area contributed by atoms with Gasteiger partial charge in [0.2, 0.25) is 0 Å². The zero-order valence-electron chi connectivity index (χ0n) is 13.7. The molecule has 0 aliphatic carbocycles. The van der Waals surface area contributed by atoms with Crippen LogP contribution >= 0.6 is 0 Å². The highest BCUT2D eigenvalue weighted by Crippen LogP contribution is 2.26. The van der Waals surface area contributed by atoms with Crippen LogP contribution in [0.25, 0.3) is 11.3 Å². The van der Waals surface area contributed by atoms with Crippen LogP contribution in [-0.4, -0.2) is 43.9 Å². The number of amides is 1. The van der Waals surface area contributed by atoms with Gasteiger partial charge < -0.3 is 4.90 Å². The number of H-pyrrole nitrogens is 1. The molecule has 0 bridgehead atoms. The lowest BCUT2D eigenvalue weighted by Gasteiger charge is -2.30. The highest BCUT2D eigenvalue weighted by atomic mass is 16.2. The molecule has 0 spiro atoms. The van der Waals surface area contributed by atoms with Crippen LogP contribution in [0, 0.1) is 19.8 Å². The van der Waals surface area contributed by atoms with E-state index in [1.807, 2.05) is 36.5 Å². The molecule has 3 rings (SSSR count). The Morgan fingerprint density at radius 1 is 1.41 bits per heavy atom. The highest BCUT2D eigenvalue weighted by molar-refractivity contribution is 5.93. The molecule has 0 saturated carbocycles. The summed E-state index contributed by atoms with van der Waals surface area (Å²) in [4.78, 5) is 14.5. The van der Waals surface area contributed by atoms with Crippen LogP contribution in [0.2, 0.25) is 0 Å². The van der Waals surface area contributed by atoms with Crippen LogP contribution < -0.4 is 0 Å². The number of hydrogen-bond acceptors (Lipinski definition) is 3. The van der Waals surface area contributed by atoms with Gasteiger partial charge in [-0.15, -0.1) is 0 Å². The van der Waals surface area contributed by atoms with Gasteiger partial charge in [0, 0.05) is 31.4 Å². The average molecular weight is 301 g/mol. The Morgan fingerprint density at radius 2 is 2.18 bits per heavy atom. The Hall–Kier alpha value is -2.11. The molecule has 1 N–H and O–H groups in total. The van der Waals surface area contributed by atoms with Gasteiger partial charge in [-0.2, -0.15) is 10.2 Å². The molecule has 0 radical (unpaired) electrons. The number of carbonyl (C=O) groups is 1. The van der Waals surface area contributed by atoms with Gasteiger partial charge >= 0.3 is 0 Å². The van der Waals surface area contributed by atoms with Crippen molar-refractivity contribution in [1.82, 2.24) is 24.9 Å². The fraction of sp³-hybridized carbons (Fsp3) is 0.562. The number of rotatable bonds is 2. The second-order valence-corrected chi connectivity index (χ2v) is 6.33. The van der Waals surface area contributed by atoms with Crippen molar-refractivity contribution in [2.24, 2.45) is 13.0 Å².